The maximum Gasteiger partial charge on any atom is 0.573 e. The molecule has 0 saturated carbocycles. The topological polar surface area (TPSA) is 22.1 Å². The van der Waals surface area contributed by atoms with E-state index in [1.165, 1.54) is 6.07 Å². The third kappa shape index (κ3) is 3.00. The zero-order valence-electron chi connectivity index (χ0n) is 5.67. The van der Waals surface area contributed by atoms with Gasteiger partial charge in [0.05, 0.1) is 11.2 Å². The van der Waals surface area contributed by atoms with Gasteiger partial charge in [0, 0.05) is 0 Å². The predicted octanol–water partition coefficient (Wildman–Crippen LogP) is 2.27. The number of pyridine rings is 1. The fourth-order valence-electron chi connectivity index (χ4n) is 0.566. The number of ether oxygens (including phenoxy) is 1. The molecule has 0 aliphatic carbocycles. The summed E-state index contributed by atoms with van der Waals surface area (Å²) in [5.41, 5.74) is 0. The molecule has 0 spiro atoms. The lowest BCUT2D eigenvalue weighted by Gasteiger charge is -2.07. The van der Waals surface area contributed by atoms with Crippen LogP contribution in [0.2, 0.25) is 0 Å². The first-order chi connectivity index (χ1) is 5.47. The molecule has 0 N–H and O–H groups in total. The van der Waals surface area contributed by atoms with Crippen LogP contribution in [0.25, 0.3) is 0 Å². The smallest absolute Gasteiger partial charge is 0.404 e. The molecule has 1 heterocycles. The van der Waals surface area contributed by atoms with Crippen molar-refractivity contribution in [3.63, 3.8) is 0 Å². The molecule has 0 bridgehead atoms. The fraction of sp³-hybridized carbons (Fsp3) is 0.167. The molecule has 0 radical (unpaired) electrons. The molecule has 0 unspecified atom stereocenters. The number of nitrogens with zero attached hydrogens (tertiary/aromatic N) is 1. The van der Waals surface area contributed by atoms with Crippen molar-refractivity contribution < 1.29 is 17.9 Å². The van der Waals surface area contributed by atoms with Crippen LogP contribution in [-0.4, -0.2) is 11.3 Å². The standard InChI is InChI=1S/C6H4F3NOS/c7-6(8,9)11-4-1-2-5(12)10-3-4/h1-3H,(H,10,12). The van der Waals surface area contributed by atoms with Crippen molar-refractivity contribution in [3.8, 4) is 5.75 Å². The summed E-state index contributed by atoms with van der Waals surface area (Å²) in [6.07, 6.45) is -3.71. The number of rotatable bonds is 1. The zero-order valence-corrected chi connectivity index (χ0v) is 6.56. The van der Waals surface area contributed by atoms with Crippen LogP contribution in [0.3, 0.4) is 0 Å². The average molecular weight is 195 g/mol. The van der Waals surface area contributed by atoms with Crippen LogP contribution in [-0.2, 0) is 0 Å². The van der Waals surface area contributed by atoms with Crippen LogP contribution in [0.1, 0.15) is 0 Å². The molecule has 2 nitrogen and oxygen atoms in total. The number of hydrogen-bond acceptors (Lipinski definition) is 3. The van der Waals surface area contributed by atoms with Crippen molar-refractivity contribution in [2.45, 2.75) is 11.4 Å². The van der Waals surface area contributed by atoms with E-state index in [-0.39, 0.29) is 5.75 Å². The van der Waals surface area contributed by atoms with E-state index in [0.29, 0.717) is 5.03 Å². The first kappa shape index (κ1) is 9.18. The maximum absolute atomic E-state index is 11.6. The Labute approximate surface area is 71.8 Å². The number of alkyl halides is 3. The van der Waals surface area contributed by atoms with Gasteiger partial charge in [0.15, 0.2) is 0 Å². The molecular weight excluding hydrogens is 191 g/mol. The largest absolute Gasteiger partial charge is 0.573 e. The third-order valence-corrected chi connectivity index (χ3v) is 1.22. The minimum Gasteiger partial charge on any atom is -0.404 e. The summed E-state index contributed by atoms with van der Waals surface area (Å²) in [7, 11) is 0. The van der Waals surface area contributed by atoms with E-state index >= 15 is 0 Å². The lowest BCUT2D eigenvalue weighted by molar-refractivity contribution is -0.274. The summed E-state index contributed by atoms with van der Waals surface area (Å²) in [5.74, 6) is -0.347. The molecule has 66 valence electrons. The van der Waals surface area contributed by atoms with Gasteiger partial charge in [-0.25, -0.2) is 4.98 Å². The van der Waals surface area contributed by atoms with Crippen LogP contribution in [0.4, 0.5) is 13.2 Å². The highest BCUT2D eigenvalue weighted by molar-refractivity contribution is 7.80. The van der Waals surface area contributed by atoms with Gasteiger partial charge in [-0.1, -0.05) is 0 Å². The minimum absolute atomic E-state index is 0.338. The second kappa shape index (κ2) is 3.22. The van der Waals surface area contributed by atoms with Crippen molar-refractivity contribution in [2.75, 3.05) is 0 Å². The van der Waals surface area contributed by atoms with Gasteiger partial charge < -0.3 is 4.74 Å². The Hall–Kier alpha value is -0.910. The molecule has 0 aromatic carbocycles. The normalized spacial score (nSPS) is 11.3. The molecule has 0 atom stereocenters. The van der Waals surface area contributed by atoms with E-state index in [4.69, 9.17) is 0 Å². The molecule has 0 amide bonds. The van der Waals surface area contributed by atoms with Crippen molar-refractivity contribution in [2.24, 2.45) is 0 Å². The van der Waals surface area contributed by atoms with E-state index < -0.39 is 6.36 Å². The van der Waals surface area contributed by atoms with Gasteiger partial charge >= 0.3 is 6.36 Å². The molecule has 12 heavy (non-hydrogen) atoms. The van der Waals surface area contributed by atoms with Crippen LogP contribution < -0.4 is 4.74 Å². The Morgan fingerprint density at radius 1 is 1.33 bits per heavy atom. The van der Waals surface area contributed by atoms with E-state index in [2.05, 4.69) is 22.3 Å². The van der Waals surface area contributed by atoms with Gasteiger partial charge in [0.25, 0.3) is 0 Å². The molecule has 0 aliphatic rings. The fourth-order valence-corrected chi connectivity index (χ4v) is 0.699. The Kier molecular flexibility index (Phi) is 2.46. The molecular formula is C6H4F3NOS. The van der Waals surface area contributed by atoms with Crippen molar-refractivity contribution in [1.82, 2.24) is 4.98 Å². The summed E-state index contributed by atoms with van der Waals surface area (Å²) in [6.45, 7) is 0. The van der Waals surface area contributed by atoms with Gasteiger partial charge in [-0.3, -0.25) is 0 Å². The maximum atomic E-state index is 11.6. The number of aromatic nitrogens is 1. The quantitative estimate of drug-likeness (QED) is 0.694. The molecule has 0 saturated heterocycles. The second-order valence-electron chi connectivity index (χ2n) is 1.90. The molecule has 0 fully saturated rings. The molecule has 1 rings (SSSR count). The molecule has 1 aromatic heterocycles. The van der Waals surface area contributed by atoms with Crippen LogP contribution >= 0.6 is 12.6 Å². The lowest BCUT2D eigenvalue weighted by Crippen LogP contribution is -2.17. The number of halogens is 3. The van der Waals surface area contributed by atoms with E-state index in [1.54, 1.807) is 0 Å². The third-order valence-electron chi connectivity index (χ3n) is 0.954. The number of hydrogen-bond donors (Lipinski definition) is 1. The summed E-state index contributed by atoms with van der Waals surface area (Å²) < 4.78 is 38.3. The van der Waals surface area contributed by atoms with Crippen LogP contribution in [0.5, 0.6) is 5.75 Å². The van der Waals surface area contributed by atoms with Crippen LogP contribution in [0, 0.1) is 0 Å². The Balaban J connectivity index is 2.71. The second-order valence-corrected chi connectivity index (χ2v) is 2.36. The monoisotopic (exact) mass is 195 g/mol. The van der Waals surface area contributed by atoms with E-state index in [1.807, 2.05) is 0 Å². The van der Waals surface area contributed by atoms with Gasteiger partial charge in [-0.2, -0.15) is 0 Å². The number of thiol groups is 1. The molecule has 1 aromatic rings. The Morgan fingerprint density at radius 3 is 2.42 bits per heavy atom. The van der Waals surface area contributed by atoms with E-state index in [9.17, 15) is 13.2 Å². The van der Waals surface area contributed by atoms with Crippen molar-refractivity contribution in [1.29, 1.82) is 0 Å². The summed E-state index contributed by atoms with van der Waals surface area (Å²) >= 11 is 3.80. The highest BCUT2D eigenvalue weighted by Gasteiger charge is 2.31. The summed E-state index contributed by atoms with van der Waals surface area (Å²) in [5, 5.41) is 0.338. The predicted molar refractivity (Wildman–Crippen MR) is 38.2 cm³/mol. The highest BCUT2D eigenvalue weighted by atomic mass is 32.1. The molecule has 0 aliphatic heterocycles. The van der Waals surface area contributed by atoms with Gasteiger partial charge in [0.1, 0.15) is 5.75 Å². The molecule has 6 heteroatoms. The van der Waals surface area contributed by atoms with Gasteiger partial charge in [-0.05, 0) is 12.1 Å². The first-order valence-corrected chi connectivity index (χ1v) is 3.33. The minimum atomic E-state index is -4.67. The highest BCUT2D eigenvalue weighted by Crippen LogP contribution is 2.21. The SMILES string of the molecule is FC(F)(F)Oc1ccc(S)nc1. The zero-order chi connectivity index (χ0) is 9.19. The Bertz CT molecular complexity index is 258. The van der Waals surface area contributed by atoms with Crippen molar-refractivity contribution >= 4 is 12.6 Å². The van der Waals surface area contributed by atoms with Crippen LogP contribution in [0.15, 0.2) is 23.4 Å². The van der Waals surface area contributed by atoms with Gasteiger partial charge in [0.2, 0.25) is 0 Å². The van der Waals surface area contributed by atoms with Crippen molar-refractivity contribution in [3.05, 3.63) is 18.3 Å². The van der Waals surface area contributed by atoms with E-state index in [0.717, 1.165) is 12.3 Å². The van der Waals surface area contributed by atoms with Gasteiger partial charge in [-0.15, -0.1) is 25.8 Å². The first-order valence-electron chi connectivity index (χ1n) is 2.88. The lowest BCUT2D eigenvalue weighted by atomic mass is 10.5. The Morgan fingerprint density at radius 2 is 2.00 bits per heavy atom. The summed E-state index contributed by atoms with van der Waals surface area (Å²) in [6, 6.07) is 2.45. The summed E-state index contributed by atoms with van der Waals surface area (Å²) in [4.78, 5) is 3.50. The average Bonchev–Trinajstić information content (AvgIpc) is 1.91.